The van der Waals surface area contributed by atoms with Crippen LogP contribution in [0.1, 0.15) is 0 Å². The van der Waals surface area contributed by atoms with E-state index < -0.39 is 0 Å². The molecule has 0 radical (unpaired) electrons. The van der Waals surface area contributed by atoms with E-state index in [1.165, 1.54) is 0 Å². The molecule has 0 aromatic carbocycles. The van der Waals surface area contributed by atoms with E-state index in [1.807, 2.05) is 0 Å². The monoisotopic (exact) mass is 102 g/mol. The Kier molecular flexibility index (Phi) is 99.0. The zero-order chi connectivity index (χ0) is 2.00. The van der Waals surface area contributed by atoms with E-state index in [1.54, 1.807) is 0 Å². The van der Waals surface area contributed by atoms with Crippen LogP contribution in [0.3, 0.4) is 0 Å². The van der Waals surface area contributed by atoms with Crippen molar-refractivity contribution in [3.63, 3.8) is 0 Å². The Hall–Kier alpha value is 1.65. The van der Waals surface area contributed by atoms with Crippen molar-refractivity contribution >= 4 is 56.0 Å². The quantitative estimate of drug-likeness (QED) is 0.272. The minimum atomic E-state index is 0. The predicted molar refractivity (Wildman–Crippen MR) is 32.8 cm³/mol. The summed E-state index contributed by atoms with van der Waals surface area (Å²) < 4.78 is 0. The second-order valence-corrected chi connectivity index (χ2v) is 0. The topological polar surface area (TPSA) is 0 Å². The van der Waals surface area contributed by atoms with Crippen LogP contribution in [0, 0.1) is 0 Å². The molecule has 0 aliphatic carbocycles. The Morgan fingerprint density at radius 1 is 1.25 bits per heavy atom. The summed E-state index contributed by atoms with van der Waals surface area (Å²) in [6, 6.07) is 0. The van der Waals surface area contributed by atoms with Crippen molar-refractivity contribution in [2.75, 3.05) is 0 Å². The first-order valence-corrected chi connectivity index (χ1v) is 1.84. The molecule has 0 aliphatic heterocycles. The molecule has 0 saturated carbocycles. The first-order chi connectivity index (χ1) is 1.00. The molecule has 0 heterocycles. The van der Waals surface area contributed by atoms with Crippen LogP contribution >= 0.6 is 8.02 Å². The van der Waals surface area contributed by atoms with Gasteiger partial charge in [0.25, 0.3) is 0 Å². The number of hydrogen-bond donors (Lipinski definition) is 0. The Morgan fingerprint density at radius 2 is 1.25 bits per heavy atom. The Balaban J connectivity index is -0.00000000500. The first-order valence-electron chi connectivity index (χ1n) is 0.204. The van der Waals surface area contributed by atoms with Gasteiger partial charge in [-0.1, -0.05) is 11.8 Å². The molecule has 4 heteroatoms. The van der Waals surface area contributed by atoms with E-state index >= 15 is 0 Å². The first kappa shape index (κ1) is 17.4. The average Bonchev–Trinajstić information content (AvgIpc) is 1.00. The summed E-state index contributed by atoms with van der Waals surface area (Å²) in [5, 5.41) is 0. The van der Waals surface area contributed by atoms with E-state index in [4.69, 9.17) is 0 Å². The summed E-state index contributed by atoms with van der Waals surface area (Å²) in [6.07, 6.45) is 0. The van der Waals surface area contributed by atoms with Crippen molar-refractivity contribution in [1.29, 1.82) is 0 Å². The average molecular weight is 102 g/mol. The van der Waals surface area contributed by atoms with Crippen LogP contribution in [0.25, 0.3) is 0 Å². The van der Waals surface area contributed by atoms with Crippen LogP contribution in [0.5, 0.6) is 0 Å². The molecule has 0 saturated heterocycles. The van der Waals surface area contributed by atoms with E-state index in [2.05, 4.69) is 19.8 Å². The molecular formula is H5AlLiPS. The molecule has 0 N–H and O–H groups in total. The van der Waals surface area contributed by atoms with Crippen molar-refractivity contribution in [3.8, 4) is 0 Å². The predicted octanol–water partition coefficient (Wildman–Crippen LogP) is -1.24. The van der Waals surface area contributed by atoms with Gasteiger partial charge in [-0.2, -0.15) is 0 Å². The molecule has 0 spiro atoms. The molecule has 0 aromatic rings. The Bertz CT molecular complexity index is 8.00. The fraction of sp³-hybridized carbons (Fsp3) is 0. The van der Waals surface area contributed by atoms with Gasteiger partial charge < -0.3 is 0 Å². The van der Waals surface area contributed by atoms with E-state index in [0.29, 0.717) is 0 Å². The molecular weight excluding hydrogens is 97.0 g/mol. The summed E-state index contributed by atoms with van der Waals surface area (Å²) in [4.78, 5) is 0. The Labute approximate surface area is 55.9 Å². The van der Waals surface area contributed by atoms with Crippen LogP contribution in [0.4, 0.5) is 0 Å². The van der Waals surface area contributed by atoms with Crippen molar-refractivity contribution in [2.24, 2.45) is 0 Å². The van der Waals surface area contributed by atoms with Gasteiger partial charge in [0.15, 0.2) is 17.4 Å². The fourth-order valence-corrected chi connectivity index (χ4v) is 0. The van der Waals surface area contributed by atoms with E-state index in [-0.39, 0.29) is 36.2 Å². The molecule has 0 aliphatic rings. The standard InChI is InChI=1S/Al.Li.HPS.4H/c;;1-2;;;;/h;;1H;;;;. The molecule has 0 fully saturated rings. The molecule has 0 unspecified atom stereocenters. The molecule has 4 heavy (non-hydrogen) atoms. The van der Waals surface area contributed by atoms with Crippen molar-refractivity contribution in [1.82, 2.24) is 0 Å². The zero-order valence-electron chi connectivity index (χ0n) is 0.908. The van der Waals surface area contributed by atoms with Gasteiger partial charge in [0.2, 0.25) is 0 Å². The molecule has 0 rings (SSSR count). The van der Waals surface area contributed by atoms with Crippen molar-refractivity contribution in [3.05, 3.63) is 0 Å². The SMILES string of the molecule is P=S.[AlH3].[LiH]. The minimum absolute atomic E-state index is 0. The number of rotatable bonds is 0. The third-order valence-corrected chi connectivity index (χ3v) is 0. The molecule has 0 amide bonds. The molecule has 0 bridgehead atoms. The van der Waals surface area contributed by atoms with Gasteiger partial charge in [-0.15, -0.1) is 0 Å². The summed E-state index contributed by atoms with van der Waals surface area (Å²) in [5.41, 5.74) is 0. The summed E-state index contributed by atoms with van der Waals surface area (Å²) in [7, 11) is 2.56. The van der Waals surface area contributed by atoms with Gasteiger partial charge in [0.05, 0.1) is 0 Å². The van der Waals surface area contributed by atoms with E-state index in [0.717, 1.165) is 0 Å². The van der Waals surface area contributed by atoms with Gasteiger partial charge in [0, 0.05) is 0 Å². The zero-order valence-corrected chi connectivity index (χ0v) is 2.72. The summed E-state index contributed by atoms with van der Waals surface area (Å²) >= 11 is 3.89. The van der Waals surface area contributed by atoms with Gasteiger partial charge >= 0.3 is 18.9 Å². The molecule has 0 atom stereocenters. The summed E-state index contributed by atoms with van der Waals surface area (Å²) in [6.45, 7) is 0. The maximum atomic E-state index is 3.89. The van der Waals surface area contributed by atoms with Crippen LogP contribution in [0.2, 0.25) is 0 Å². The Morgan fingerprint density at radius 3 is 1.25 bits per heavy atom. The van der Waals surface area contributed by atoms with Crippen LogP contribution in [0.15, 0.2) is 0 Å². The van der Waals surface area contributed by atoms with Crippen molar-refractivity contribution < 1.29 is 0 Å². The van der Waals surface area contributed by atoms with Crippen LogP contribution < -0.4 is 0 Å². The molecule has 0 nitrogen and oxygen atoms in total. The van der Waals surface area contributed by atoms with Crippen molar-refractivity contribution in [2.45, 2.75) is 0 Å². The maximum absolute atomic E-state index is 3.89. The van der Waals surface area contributed by atoms with Gasteiger partial charge in [-0.25, -0.2) is 0 Å². The number of hydrogen-bond acceptors (Lipinski definition) is 1. The second-order valence-electron chi connectivity index (χ2n) is 0. The van der Waals surface area contributed by atoms with Crippen LogP contribution in [-0.2, 0) is 11.8 Å². The normalized spacial score (nSPS) is 1.00. The third-order valence-electron chi connectivity index (χ3n) is 0. The molecule has 0 aromatic heterocycles. The third kappa shape index (κ3) is 9.42. The van der Waals surface area contributed by atoms with E-state index in [9.17, 15) is 0 Å². The molecule has 20 valence electrons. The van der Waals surface area contributed by atoms with Crippen LogP contribution in [-0.4, -0.2) is 36.2 Å². The summed E-state index contributed by atoms with van der Waals surface area (Å²) in [5.74, 6) is 0. The van der Waals surface area contributed by atoms with Gasteiger partial charge in [-0.3, -0.25) is 0 Å². The fourth-order valence-electron chi connectivity index (χ4n) is 0. The second kappa shape index (κ2) is 22.8. The van der Waals surface area contributed by atoms with Gasteiger partial charge in [0.1, 0.15) is 0 Å². The van der Waals surface area contributed by atoms with Gasteiger partial charge in [-0.05, 0) is 8.02 Å².